The second-order valence-electron chi connectivity index (χ2n) is 5.09. The Morgan fingerprint density at radius 2 is 2.37 bits per heavy atom. The van der Waals surface area contributed by atoms with Gasteiger partial charge in [0.1, 0.15) is 0 Å². The van der Waals surface area contributed by atoms with Gasteiger partial charge in [-0.25, -0.2) is 4.98 Å². The van der Waals surface area contributed by atoms with Gasteiger partial charge in [0.25, 0.3) is 5.56 Å². The maximum absolute atomic E-state index is 12.1. The number of hydrogen-bond donors (Lipinski definition) is 1. The molecule has 0 aliphatic heterocycles. The van der Waals surface area contributed by atoms with E-state index in [9.17, 15) is 4.79 Å². The molecule has 2 aromatic rings. The monoisotopic (exact) mass is 275 g/mol. The van der Waals surface area contributed by atoms with Crippen molar-refractivity contribution in [3.8, 4) is 0 Å². The van der Waals surface area contributed by atoms with Crippen LogP contribution in [0.3, 0.4) is 0 Å². The first-order chi connectivity index (χ1) is 9.13. The van der Waals surface area contributed by atoms with Crippen molar-refractivity contribution in [1.82, 2.24) is 9.55 Å². The van der Waals surface area contributed by atoms with Crippen LogP contribution in [0.4, 0.5) is 0 Å². The van der Waals surface area contributed by atoms with Crippen LogP contribution in [0.25, 0.3) is 0 Å². The molecule has 0 aromatic carbocycles. The van der Waals surface area contributed by atoms with Gasteiger partial charge in [-0.15, -0.1) is 11.3 Å². The van der Waals surface area contributed by atoms with Gasteiger partial charge in [0.05, 0.1) is 17.2 Å². The molecule has 19 heavy (non-hydrogen) atoms. The number of aryl methyl sites for hydroxylation is 1. The fraction of sp³-hybridized carbons (Fsp3) is 0.429. The van der Waals surface area contributed by atoms with Crippen molar-refractivity contribution in [3.63, 3.8) is 0 Å². The van der Waals surface area contributed by atoms with Gasteiger partial charge >= 0.3 is 0 Å². The molecule has 0 amide bonds. The first-order valence-corrected chi connectivity index (χ1v) is 7.39. The van der Waals surface area contributed by atoms with E-state index in [1.54, 1.807) is 17.4 Å². The van der Waals surface area contributed by atoms with Gasteiger partial charge in [-0.05, 0) is 31.7 Å². The van der Waals surface area contributed by atoms with Crippen LogP contribution in [0.2, 0.25) is 0 Å². The minimum Gasteiger partial charge on any atom is -0.327 e. The van der Waals surface area contributed by atoms with Gasteiger partial charge in [-0.3, -0.25) is 4.79 Å². The molecule has 5 heteroatoms. The van der Waals surface area contributed by atoms with Crippen LogP contribution < -0.4 is 11.3 Å². The first-order valence-electron chi connectivity index (χ1n) is 6.51. The lowest BCUT2D eigenvalue weighted by Gasteiger charge is -2.24. The molecule has 1 aliphatic rings. The minimum absolute atomic E-state index is 0.0554. The summed E-state index contributed by atoms with van der Waals surface area (Å²) in [5.41, 5.74) is 9.37. The van der Waals surface area contributed by atoms with Gasteiger partial charge in [-0.1, -0.05) is 6.07 Å². The van der Waals surface area contributed by atoms with E-state index in [1.165, 1.54) is 5.56 Å². The van der Waals surface area contributed by atoms with Crippen molar-refractivity contribution >= 4 is 11.3 Å². The normalized spacial score (nSPS) is 18.3. The number of aromatic nitrogens is 2. The minimum atomic E-state index is 0.0554. The lowest BCUT2D eigenvalue weighted by atomic mass is 9.92. The number of thiazole rings is 1. The van der Waals surface area contributed by atoms with Crippen LogP contribution >= 0.6 is 11.3 Å². The van der Waals surface area contributed by atoms with Crippen LogP contribution in [0.5, 0.6) is 0 Å². The van der Waals surface area contributed by atoms with Crippen molar-refractivity contribution in [1.29, 1.82) is 0 Å². The number of pyridine rings is 1. The van der Waals surface area contributed by atoms with Crippen molar-refractivity contribution in [3.05, 3.63) is 49.8 Å². The first kappa shape index (κ1) is 12.6. The van der Waals surface area contributed by atoms with Crippen molar-refractivity contribution < 1.29 is 0 Å². The van der Waals surface area contributed by atoms with E-state index >= 15 is 0 Å². The Labute approximate surface area is 115 Å². The van der Waals surface area contributed by atoms with Crippen LogP contribution in [-0.2, 0) is 19.4 Å². The largest absolute Gasteiger partial charge is 0.327 e. The summed E-state index contributed by atoms with van der Waals surface area (Å²) in [6.07, 6.45) is 2.70. The average Bonchev–Trinajstić information content (AvgIpc) is 2.78. The summed E-state index contributed by atoms with van der Waals surface area (Å²) in [5, 5.41) is 3.06. The number of rotatable bonds is 2. The lowest BCUT2D eigenvalue weighted by molar-refractivity contribution is 0.535. The highest BCUT2D eigenvalue weighted by Crippen LogP contribution is 2.20. The van der Waals surface area contributed by atoms with Crippen molar-refractivity contribution in [2.24, 2.45) is 5.73 Å². The third-order valence-electron chi connectivity index (χ3n) is 3.61. The zero-order valence-electron chi connectivity index (χ0n) is 10.9. The molecule has 0 fully saturated rings. The maximum atomic E-state index is 12.1. The van der Waals surface area contributed by atoms with E-state index < -0.39 is 0 Å². The smallest absolute Gasteiger partial charge is 0.251 e. The van der Waals surface area contributed by atoms with Crippen molar-refractivity contribution in [2.45, 2.75) is 38.8 Å². The summed E-state index contributed by atoms with van der Waals surface area (Å²) >= 11 is 1.62. The van der Waals surface area contributed by atoms with Gasteiger partial charge < -0.3 is 10.3 Å². The second-order valence-corrected chi connectivity index (χ2v) is 6.15. The molecule has 2 heterocycles. The second kappa shape index (κ2) is 4.90. The summed E-state index contributed by atoms with van der Waals surface area (Å²) in [6, 6.07) is 3.80. The molecular weight excluding hydrogens is 258 g/mol. The topological polar surface area (TPSA) is 60.9 Å². The molecule has 0 saturated carbocycles. The zero-order chi connectivity index (χ0) is 13.4. The van der Waals surface area contributed by atoms with Gasteiger partial charge in [-0.2, -0.15) is 0 Å². The molecule has 0 saturated heterocycles. The molecule has 2 N–H and O–H groups in total. The Morgan fingerprint density at radius 1 is 1.53 bits per heavy atom. The number of nitrogens with zero attached hydrogens (tertiary/aromatic N) is 2. The molecule has 0 unspecified atom stereocenters. The maximum Gasteiger partial charge on any atom is 0.251 e. The predicted octanol–water partition coefficient (Wildman–Crippen LogP) is 1.48. The molecule has 0 bridgehead atoms. The number of fused-ring (bicyclic) bond motifs is 1. The summed E-state index contributed by atoms with van der Waals surface area (Å²) < 4.78 is 1.86. The van der Waals surface area contributed by atoms with E-state index in [-0.39, 0.29) is 11.6 Å². The van der Waals surface area contributed by atoms with E-state index in [0.717, 1.165) is 35.7 Å². The standard InChI is InChI=1S/C14H17N3OS/c1-9-16-12(8-19-9)7-17-13-4-3-11(15)6-10(13)2-5-14(17)18/h2,5,8,11H,3-4,6-7,15H2,1H3/t11-/m0/s1. The summed E-state index contributed by atoms with van der Waals surface area (Å²) in [5.74, 6) is 0. The number of nitrogens with two attached hydrogens (primary N) is 1. The summed E-state index contributed by atoms with van der Waals surface area (Å²) in [6.45, 7) is 2.55. The molecule has 2 aromatic heterocycles. The Balaban J connectivity index is 2.01. The van der Waals surface area contributed by atoms with Gasteiger partial charge in [0.2, 0.25) is 0 Å². The van der Waals surface area contributed by atoms with Crippen LogP contribution in [0, 0.1) is 6.92 Å². The highest BCUT2D eigenvalue weighted by molar-refractivity contribution is 7.09. The van der Waals surface area contributed by atoms with Gasteiger partial charge in [0.15, 0.2) is 0 Å². The predicted molar refractivity (Wildman–Crippen MR) is 76.7 cm³/mol. The number of hydrogen-bond acceptors (Lipinski definition) is 4. The quantitative estimate of drug-likeness (QED) is 0.903. The summed E-state index contributed by atoms with van der Waals surface area (Å²) in [4.78, 5) is 16.5. The van der Waals surface area contributed by atoms with Crippen LogP contribution in [-0.4, -0.2) is 15.6 Å². The molecule has 0 radical (unpaired) electrons. The molecule has 3 rings (SSSR count). The van der Waals surface area contributed by atoms with Crippen LogP contribution in [0.1, 0.15) is 28.4 Å². The molecule has 1 atom stereocenters. The highest BCUT2D eigenvalue weighted by Gasteiger charge is 2.19. The van der Waals surface area contributed by atoms with E-state index in [4.69, 9.17) is 5.73 Å². The SMILES string of the molecule is Cc1nc(Cn2c3c(ccc2=O)C[C@@H](N)CC3)cs1. The molecule has 100 valence electrons. The molecular formula is C14H17N3OS. The third-order valence-corrected chi connectivity index (χ3v) is 4.43. The lowest BCUT2D eigenvalue weighted by Crippen LogP contribution is -2.33. The summed E-state index contributed by atoms with van der Waals surface area (Å²) in [7, 11) is 0. The Hall–Kier alpha value is -1.46. The zero-order valence-corrected chi connectivity index (χ0v) is 11.7. The van der Waals surface area contributed by atoms with E-state index in [2.05, 4.69) is 4.98 Å². The van der Waals surface area contributed by atoms with Crippen molar-refractivity contribution in [2.75, 3.05) is 0 Å². The highest BCUT2D eigenvalue weighted by atomic mass is 32.1. The Bertz CT molecular complexity index is 659. The van der Waals surface area contributed by atoms with E-state index in [1.807, 2.05) is 22.9 Å². The van der Waals surface area contributed by atoms with Crippen LogP contribution in [0.15, 0.2) is 22.3 Å². The Morgan fingerprint density at radius 3 is 3.11 bits per heavy atom. The fourth-order valence-corrected chi connectivity index (χ4v) is 3.27. The molecule has 1 aliphatic carbocycles. The average molecular weight is 275 g/mol. The van der Waals surface area contributed by atoms with Gasteiger partial charge in [0, 0.05) is 23.2 Å². The fourth-order valence-electron chi connectivity index (χ4n) is 2.67. The third kappa shape index (κ3) is 2.48. The van der Waals surface area contributed by atoms with E-state index in [0.29, 0.717) is 6.54 Å². The Kier molecular flexibility index (Phi) is 3.24. The molecule has 4 nitrogen and oxygen atoms in total. The molecule has 0 spiro atoms.